The molecule has 20 heteroatoms. The molecule has 8 nitrogen and oxygen atoms in total. The highest BCUT2D eigenvalue weighted by Gasteiger charge is 2.33. The maximum absolute atomic E-state index is 14.6. The van der Waals surface area contributed by atoms with Crippen LogP contribution in [-0.4, -0.2) is 31.5 Å². The Hall–Kier alpha value is -6.58. The number of ketones is 2. The number of halogens is 8. The van der Waals surface area contributed by atoms with Crippen molar-refractivity contribution in [3.05, 3.63) is 133 Å². The molecule has 0 spiro atoms. The lowest BCUT2D eigenvalue weighted by atomic mass is 10.0. The number of hydrogen-bond donors (Lipinski definition) is 0. The van der Waals surface area contributed by atoms with Crippen molar-refractivity contribution >= 4 is 105 Å². The first-order valence-electron chi connectivity index (χ1n) is 15.9. The molecule has 0 saturated carbocycles. The van der Waals surface area contributed by atoms with Crippen molar-refractivity contribution in [2.24, 2.45) is 0 Å². The van der Waals surface area contributed by atoms with E-state index in [1.54, 1.807) is 0 Å². The molecule has 58 heavy (non-hydrogen) atoms. The van der Waals surface area contributed by atoms with Crippen LogP contribution in [0.15, 0.2) is 48.8 Å². The van der Waals surface area contributed by atoms with Crippen LogP contribution in [0.5, 0.6) is 0 Å². The zero-order valence-electron chi connectivity index (χ0n) is 27.8. The van der Waals surface area contributed by atoms with Crippen LogP contribution < -0.4 is 0 Å². The lowest BCUT2D eigenvalue weighted by Gasteiger charge is -2.06. The van der Waals surface area contributed by atoms with Crippen LogP contribution in [0.2, 0.25) is 0 Å². The Balaban J connectivity index is 1.02. The minimum atomic E-state index is -2.01. The number of hydrogen-bond acceptors (Lipinski definition) is 11. The molecule has 0 aliphatic heterocycles. The topological polar surface area (TPSA) is 114 Å². The Bertz CT molecular complexity index is 3060. The van der Waals surface area contributed by atoms with Gasteiger partial charge in [-0.25, -0.2) is 59.9 Å². The van der Waals surface area contributed by atoms with Crippen LogP contribution in [0.25, 0.3) is 66.6 Å². The Kier molecular flexibility index (Phi) is 8.63. The van der Waals surface area contributed by atoms with Gasteiger partial charge in [0.25, 0.3) is 5.69 Å². The lowest BCUT2D eigenvalue weighted by Crippen LogP contribution is -2.13. The summed E-state index contributed by atoms with van der Waals surface area (Å²) in [6.45, 7) is 6.77. The van der Waals surface area contributed by atoms with E-state index in [9.17, 15) is 44.7 Å². The zero-order chi connectivity index (χ0) is 40.9. The van der Waals surface area contributed by atoms with Crippen LogP contribution in [0.4, 0.5) is 40.8 Å². The van der Waals surface area contributed by atoms with Gasteiger partial charge >= 0.3 is 0 Å². The molecule has 0 unspecified atom stereocenters. The molecule has 9 rings (SSSR count). The number of carbonyl (C=O) groups is 2. The van der Waals surface area contributed by atoms with E-state index in [-0.39, 0.29) is 0 Å². The predicted octanol–water partition coefficient (Wildman–Crippen LogP) is 11.5. The minimum absolute atomic E-state index is 0.339. The van der Waals surface area contributed by atoms with Gasteiger partial charge in [-0.15, -0.1) is 45.3 Å². The van der Waals surface area contributed by atoms with E-state index in [0.29, 0.717) is 53.5 Å². The van der Waals surface area contributed by atoms with Gasteiger partial charge in [0.15, 0.2) is 56.6 Å². The van der Waals surface area contributed by atoms with Gasteiger partial charge in [0.05, 0.1) is 42.3 Å². The molecule has 0 bridgehead atoms. The van der Waals surface area contributed by atoms with Gasteiger partial charge in [0.2, 0.25) is 11.6 Å². The molecule has 0 radical (unpaired) electrons. The molecule has 4 heterocycles. The highest BCUT2D eigenvalue weighted by molar-refractivity contribution is 7.26. The Morgan fingerprint density at radius 3 is 1.36 bits per heavy atom. The molecule has 4 aromatic heterocycles. The lowest BCUT2D eigenvalue weighted by molar-refractivity contribution is 0.102. The summed E-state index contributed by atoms with van der Waals surface area (Å²) in [4.78, 5) is 46.1. The number of nitrogens with zero attached hydrogens (tertiary/aromatic N) is 6. The van der Waals surface area contributed by atoms with Crippen LogP contribution in [0.3, 0.4) is 0 Å². The van der Waals surface area contributed by atoms with Gasteiger partial charge in [-0.05, 0) is 57.9 Å². The molecular formula is C38H8F8N6O2S4. The smallest absolute Gasteiger partial charge is 0.262 e. The second-order valence-electron chi connectivity index (χ2n) is 12.2. The average Bonchev–Trinajstić information content (AvgIpc) is 4.03. The Labute approximate surface area is 332 Å². The van der Waals surface area contributed by atoms with E-state index in [2.05, 4.69) is 24.8 Å². The maximum atomic E-state index is 14.6. The van der Waals surface area contributed by atoms with Crippen molar-refractivity contribution in [3.63, 3.8) is 0 Å². The number of rotatable bonds is 6. The summed E-state index contributed by atoms with van der Waals surface area (Å²) in [5.41, 5.74) is -4.86. The second kappa shape index (κ2) is 13.5. The van der Waals surface area contributed by atoms with E-state index in [1.165, 1.54) is 35.1 Å². The van der Waals surface area contributed by atoms with Crippen LogP contribution in [0.1, 0.15) is 36.3 Å². The zero-order valence-corrected chi connectivity index (χ0v) is 31.0. The predicted molar refractivity (Wildman–Crippen MR) is 200 cm³/mol. The number of benzene rings is 5. The first kappa shape index (κ1) is 37.0. The van der Waals surface area contributed by atoms with E-state index >= 15 is 0 Å². The summed E-state index contributed by atoms with van der Waals surface area (Å²) in [6, 6.07) is 12.3. The van der Waals surface area contributed by atoms with Crippen molar-refractivity contribution in [1.29, 1.82) is 5.26 Å². The SMILES string of the molecule is [C-]#[N+]c1c(F)c(F)c(C(=O)c2ncc(-c3nc4cc5cc6cc7sc(-c8cnc(C(=O)c9c(F)c(F)c(C#N)c(F)c9F)s8)nc7cc6cc5cc4s3)s2)c(F)c1F. The first-order valence-corrected chi connectivity index (χ1v) is 19.1. The summed E-state index contributed by atoms with van der Waals surface area (Å²) in [6.07, 6.45) is 2.49. The first-order chi connectivity index (χ1) is 27.8. The third-order valence-corrected chi connectivity index (χ3v) is 13.2. The van der Waals surface area contributed by atoms with Crippen LogP contribution in [-0.2, 0) is 0 Å². The number of thiazole rings is 4. The molecule has 0 amide bonds. The van der Waals surface area contributed by atoms with Gasteiger partial charge in [-0.2, -0.15) is 5.26 Å². The highest BCUT2D eigenvalue weighted by Crippen LogP contribution is 2.40. The number of carbonyl (C=O) groups excluding carboxylic acids is 2. The summed E-state index contributed by atoms with van der Waals surface area (Å²) in [5, 5.41) is 12.0. The van der Waals surface area contributed by atoms with Crippen molar-refractivity contribution in [1.82, 2.24) is 19.9 Å². The minimum Gasteiger partial charge on any atom is -0.286 e. The second-order valence-corrected chi connectivity index (χ2v) is 16.3. The molecule has 0 fully saturated rings. The van der Waals surface area contributed by atoms with Gasteiger partial charge in [0, 0.05) is 12.4 Å². The van der Waals surface area contributed by atoms with Crippen molar-refractivity contribution in [3.8, 4) is 25.8 Å². The maximum Gasteiger partial charge on any atom is 0.262 e. The third kappa shape index (κ3) is 5.63. The molecule has 5 aromatic carbocycles. The quantitative estimate of drug-likeness (QED) is 0.0538. The van der Waals surface area contributed by atoms with Gasteiger partial charge in [0.1, 0.15) is 27.2 Å². The average molecular weight is 861 g/mol. The number of nitriles is 1. The van der Waals surface area contributed by atoms with Crippen molar-refractivity contribution in [2.75, 3.05) is 0 Å². The van der Waals surface area contributed by atoms with Crippen molar-refractivity contribution in [2.45, 2.75) is 0 Å². The van der Waals surface area contributed by atoms with E-state index in [1.807, 2.05) is 36.4 Å². The fraction of sp³-hybridized carbons (Fsp3) is 0. The van der Waals surface area contributed by atoms with Gasteiger partial charge in [-0.1, -0.05) is 0 Å². The molecule has 0 N–H and O–H groups in total. The highest BCUT2D eigenvalue weighted by atomic mass is 32.1. The summed E-state index contributed by atoms with van der Waals surface area (Å²) < 4.78 is 117. The van der Waals surface area contributed by atoms with Gasteiger partial charge in [-0.3, -0.25) is 9.59 Å². The largest absolute Gasteiger partial charge is 0.286 e. The van der Waals surface area contributed by atoms with E-state index in [4.69, 9.17) is 11.8 Å². The molecule has 9 aromatic rings. The Morgan fingerprint density at radius 2 is 0.966 bits per heavy atom. The molecule has 0 aliphatic rings. The molecule has 0 aliphatic carbocycles. The third-order valence-electron chi connectivity index (χ3n) is 8.81. The van der Waals surface area contributed by atoms with Crippen molar-refractivity contribution < 1.29 is 44.7 Å². The summed E-state index contributed by atoms with van der Waals surface area (Å²) >= 11 is 3.89. The number of fused-ring (bicyclic) bond motifs is 4. The van der Waals surface area contributed by atoms with E-state index in [0.717, 1.165) is 37.0 Å². The van der Waals surface area contributed by atoms with Crippen LogP contribution >= 0.6 is 45.3 Å². The van der Waals surface area contributed by atoms with Gasteiger partial charge < -0.3 is 0 Å². The monoisotopic (exact) mass is 860 g/mol. The fourth-order valence-corrected chi connectivity index (χ4v) is 9.87. The standard InChI is InChI=1S/C38H8F8N6O2S4/c1-48-32-30(45)28(43)23(29(44)31(32)46)34(54)38-50-10-21(58-38)36-52-17-5-12-3-13-6-18-16(4-11(13)2-14(12)7-19(17)56-36)51-35(55-18)20-9-49-37(57-20)33(53)22-26(41)24(39)15(8-47)25(40)27(22)42/h2-7,9-10H. The summed E-state index contributed by atoms with van der Waals surface area (Å²) in [5.74, 6) is -18.8. The number of aromatic nitrogens is 4. The Morgan fingerprint density at radius 1 is 0.569 bits per heavy atom. The molecule has 0 saturated heterocycles. The fourth-order valence-electron chi connectivity index (χ4n) is 6.07. The van der Waals surface area contributed by atoms with Crippen LogP contribution in [0, 0.1) is 64.4 Å². The molecule has 282 valence electrons. The van der Waals surface area contributed by atoms with E-state index < -0.39 is 90.5 Å². The normalized spacial score (nSPS) is 11.6. The summed E-state index contributed by atoms with van der Waals surface area (Å²) in [7, 11) is 0. The molecular weight excluding hydrogens is 853 g/mol. The molecule has 0 atom stereocenters.